The molecule has 8 rings (SSSR count). The Labute approximate surface area is 507 Å². The minimum atomic E-state index is -2.30. The van der Waals surface area contributed by atoms with Crippen LogP contribution in [0, 0.1) is 22.7 Å². The van der Waals surface area contributed by atoms with Crippen molar-refractivity contribution in [3.05, 3.63) is 119 Å². The zero-order valence-electron chi connectivity index (χ0n) is 51.8. The molecule has 5 aliphatic rings. The molecule has 0 spiro atoms. The number of hydrogen-bond donors (Lipinski definition) is 3. The van der Waals surface area contributed by atoms with Crippen LogP contribution in [-0.4, -0.2) is 119 Å². The summed E-state index contributed by atoms with van der Waals surface area (Å²) in [6.45, 7) is 13.0. The summed E-state index contributed by atoms with van der Waals surface area (Å²) in [6.07, 6.45) is 9.92. The first-order valence-electron chi connectivity index (χ1n) is 31.6. The molecule has 3 aromatic carbocycles. The van der Waals surface area contributed by atoms with Crippen molar-refractivity contribution >= 4 is 35.8 Å². The van der Waals surface area contributed by atoms with E-state index in [1.807, 2.05) is 0 Å². The van der Waals surface area contributed by atoms with Crippen molar-refractivity contribution in [1.82, 2.24) is 5.32 Å². The second-order valence-electron chi connectivity index (χ2n) is 25.6. The molecule has 3 N–H and O–H groups in total. The molecule has 2 aliphatic heterocycles. The van der Waals surface area contributed by atoms with Crippen molar-refractivity contribution in [3.8, 4) is 0 Å². The predicted molar refractivity (Wildman–Crippen MR) is 320 cm³/mol. The van der Waals surface area contributed by atoms with E-state index in [2.05, 4.69) is 12.2 Å². The van der Waals surface area contributed by atoms with Gasteiger partial charge in [-0.05, 0) is 74.6 Å². The van der Waals surface area contributed by atoms with Gasteiger partial charge in [0.1, 0.15) is 47.9 Å². The van der Waals surface area contributed by atoms with Gasteiger partial charge in [0.2, 0.25) is 6.10 Å². The molecule has 4 fully saturated rings. The predicted octanol–water partition coefficient (Wildman–Crippen LogP) is 12.0. The summed E-state index contributed by atoms with van der Waals surface area (Å²) in [4.78, 5) is 87.4. The molecule has 0 aromatic heterocycles. The van der Waals surface area contributed by atoms with Crippen molar-refractivity contribution in [3.63, 3.8) is 0 Å². The summed E-state index contributed by atoms with van der Waals surface area (Å²) < 4.78 is 49.3. The van der Waals surface area contributed by atoms with Gasteiger partial charge in [0.05, 0.1) is 36.2 Å². The normalized spacial score (nSPS) is 29.8. The number of esters is 3. The molecule has 3 aliphatic carbocycles. The highest BCUT2D eigenvalue weighted by Crippen LogP contribution is 2.67. The number of Topliss-reactive ketones (excluding diaryl/α,β-unsaturated/α-hetero) is 1. The number of carbonyl (C=O) groups is 6. The summed E-state index contributed by atoms with van der Waals surface area (Å²) in [5, 5.41) is 29.4. The third kappa shape index (κ3) is 14.1. The quantitative estimate of drug-likeness (QED) is 0.0266. The molecular formula is C69H93NO16. The molecule has 0 radical (unpaired) electrons. The fraction of sp³-hybridized carbons (Fsp3) is 0.623. The first kappa shape index (κ1) is 66.0. The van der Waals surface area contributed by atoms with Crippen molar-refractivity contribution in [2.45, 2.75) is 231 Å². The number of nitrogens with one attached hydrogen (secondary N) is 1. The molecule has 2 bridgehead atoms. The van der Waals surface area contributed by atoms with Crippen LogP contribution in [0.4, 0.5) is 4.79 Å². The number of ether oxygens (including phenoxy) is 8. The van der Waals surface area contributed by atoms with Crippen LogP contribution in [0.5, 0.6) is 0 Å². The number of rotatable bonds is 28. The van der Waals surface area contributed by atoms with Crippen LogP contribution in [0.2, 0.25) is 0 Å². The Bertz CT molecular complexity index is 2830. The van der Waals surface area contributed by atoms with Crippen LogP contribution >= 0.6 is 0 Å². The Kier molecular flexibility index (Phi) is 22.2. The van der Waals surface area contributed by atoms with E-state index in [0.717, 1.165) is 19.3 Å². The Morgan fingerprint density at radius 1 is 0.744 bits per heavy atom. The molecular weight excluding hydrogens is 1100 g/mol. The van der Waals surface area contributed by atoms with E-state index in [4.69, 9.17) is 37.9 Å². The van der Waals surface area contributed by atoms with Gasteiger partial charge in [0, 0.05) is 36.7 Å². The number of amides is 1. The number of hydrogen-bond acceptors (Lipinski definition) is 16. The smallest absolute Gasteiger partial charge is 0.455 e. The molecule has 3 aromatic rings. The lowest BCUT2D eigenvalue weighted by Gasteiger charge is -2.70. The molecule has 1 amide bonds. The standard InChI is InChI=1S/C69H93NO16/c1-9-10-11-12-13-14-15-16-17-18-19-20-21-22-32-39-54-79-42-51(82-54)43-80-64(77)84-57(56(48-33-26-23-27-34-48)70-61(74)49-35-28-24-29-36-49)63(76)83-52-40-68(78)60(85-62(75)50-37-30-25-31-38-50)58-67(8,59(73)46(3)55(45(52)2)65(68,5)6)53(72)41-66(7)69(58,44-81-66)86-47(4)71/h23-31,33-38,46,51-54,56-58,60,72,78H,9-22,32,39-44H2,1-8H3,(H,70,74)/t46-,51?,52+,53+,54?,56+,57-,58+,60+,66-,67-,68-,69-/m1/s1. The van der Waals surface area contributed by atoms with E-state index in [1.54, 1.807) is 120 Å². The first-order valence-corrected chi connectivity index (χ1v) is 31.6. The SMILES string of the molecule is CCCCCCCCCCCCCCCCCC1OCC(COC(=O)O[C@@H](C(=O)O[C@H]2C[C@@]3(O)[C@@H](OC(=O)c4ccccc4)[C@H]4[C@](C)(C(=O)[C@H](C)C(=C2C)C3(C)C)[C@@H](O)C[C@@]2(C)OC[C@@]42OC(C)=O)[C@@H](NC(=O)c2ccccc2)c2ccccc2)O1. The fourth-order valence-corrected chi connectivity index (χ4v) is 14.6. The van der Waals surface area contributed by atoms with E-state index in [0.29, 0.717) is 23.1 Å². The Balaban J connectivity index is 1.03. The highest BCUT2D eigenvalue weighted by Gasteiger charge is 2.81. The lowest BCUT2D eigenvalue weighted by molar-refractivity contribution is -0.383. The number of aliphatic hydroxyl groups is 2. The van der Waals surface area contributed by atoms with Crippen LogP contribution < -0.4 is 5.32 Å². The topological polar surface area (TPSA) is 229 Å². The highest BCUT2D eigenvalue weighted by molar-refractivity contribution is 5.95. The highest BCUT2D eigenvalue weighted by atomic mass is 16.8. The van der Waals surface area contributed by atoms with Gasteiger partial charge in [-0.15, -0.1) is 0 Å². The number of aliphatic hydroxyl groups excluding tert-OH is 1. The Hall–Kier alpha value is -5.98. The van der Waals surface area contributed by atoms with Crippen molar-refractivity contribution in [2.75, 3.05) is 19.8 Å². The maximum Gasteiger partial charge on any atom is 0.509 e. The van der Waals surface area contributed by atoms with E-state index >= 15 is 9.59 Å². The maximum absolute atomic E-state index is 15.7. The number of carbonyl (C=O) groups excluding carboxylic acids is 6. The summed E-state index contributed by atoms with van der Waals surface area (Å²) in [7, 11) is 0. The van der Waals surface area contributed by atoms with Gasteiger partial charge in [0.15, 0.2) is 11.9 Å². The minimum absolute atomic E-state index is 0.104. The fourth-order valence-electron chi connectivity index (χ4n) is 14.6. The lowest BCUT2D eigenvalue weighted by Crippen LogP contribution is -2.85. The van der Waals surface area contributed by atoms with Crippen LogP contribution in [0.25, 0.3) is 0 Å². The number of unbranched alkanes of at least 4 members (excludes halogenated alkanes) is 14. The minimum Gasteiger partial charge on any atom is -0.455 e. The summed E-state index contributed by atoms with van der Waals surface area (Å²) >= 11 is 0. The van der Waals surface area contributed by atoms with Gasteiger partial charge in [-0.1, -0.05) is 184 Å². The molecule has 2 saturated carbocycles. The third-order valence-corrected chi connectivity index (χ3v) is 19.5. The van der Waals surface area contributed by atoms with Crippen molar-refractivity contribution in [1.29, 1.82) is 0 Å². The largest absolute Gasteiger partial charge is 0.509 e. The summed E-state index contributed by atoms with van der Waals surface area (Å²) in [6, 6.07) is 23.4. The van der Waals surface area contributed by atoms with E-state index in [9.17, 15) is 29.4 Å². The summed E-state index contributed by atoms with van der Waals surface area (Å²) in [5.41, 5.74) is -7.38. The van der Waals surface area contributed by atoms with Gasteiger partial charge < -0.3 is 53.4 Å². The van der Waals surface area contributed by atoms with Gasteiger partial charge >= 0.3 is 24.1 Å². The third-order valence-electron chi connectivity index (χ3n) is 19.5. The monoisotopic (exact) mass is 1190 g/mol. The second kappa shape index (κ2) is 28.9. The Morgan fingerprint density at radius 2 is 1.30 bits per heavy atom. The molecule has 2 unspecified atom stereocenters. The summed E-state index contributed by atoms with van der Waals surface area (Å²) in [5.74, 6) is -6.45. The van der Waals surface area contributed by atoms with Crippen LogP contribution in [0.1, 0.15) is 203 Å². The molecule has 17 heteroatoms. The number of benzene rings is 3. The zero-order valence-corrected chi connectivity index (χ0v) is 51.8. The molecule has 86 heavy (non-hydrogen) atoms. The Morgan fingerprint density at radius 3 is 1.86 bits per heavy atom. The lowest BCUT2D eigenvalue weighted by atomic mass is 9.42. The van der Waals surface area contributed by atoms with Gasteiger partial charge in [-0.3, -0.25) is 14.4 Å². The van der Waals surface area contributed by atoms with Crippen LogP contribution in [0.15, 0.2) is 102 Å². The number of fused-ring (bicyclic) bond motifs is 5. The first-order chi connectivity index (χ1) is 41.1. The van der Waals surface area contributed by atoms with Gasteiger partial charge in [-0.25, -0.2) is 14.4 Å². The molecule has 2 saturated heterocycles. The van der Waals surface area contributed by atoms with Gasteiger partial charge in [0.25, 0.3) is 5.91 Å². The molecule has 470 valence electrons. The van der Waals surface area contributed by atoms with Crippen molar-refractivity contribution in [2.24, 2.45) is 22.7 Å². The average Bonchev–Trinajstić information content (AvgIpc) is 0.685. The van der Waals surface area contributed by atoms with Crippen molar-refractivity contribution < 1.29 is 76.9 Å². The molecule has 17 nitrogen and oxygen atoms in total. The second-order valence-corrected chi connectivity index (χ2v) is 25.6. The van der Waals surface area contributed by atoms with E-state index in [-0.39, 0.29) is 37.4 Å². The molecule has 13 atom stereocenters. The van der Waals surface area contributed by atoms with E-state index in [1.165, 1.54) is 96.1 Å². The van der Waals surface area contributed by atoms with Gasteiger partial charge in [-0.2, -0.15) is 0 Å². The molecule has 2 heterocycles. The van der Waals surface area contributed by atoms with E-state index < -0.39 is 124 Å². The maximum atomic E-state index is 15.7. The van der Waals surface area contributed by atoms with Crippen LogP contribution in [-0.2, 0) is 52.3 Å². The number of ketones is 1. The van der Waals surface area contributed by atoms with Crippen LogP contribution in [0.3, 0.4) is 0 Å². The average molecular weight is 1190 g/mol. The zero-order chi connectivity index (χ0) is 61.9.